The lowest BCUT2D eigenvalue weighted by Gasteiger charge is -2.34. The number of ether oxygens (including phenoxy) is 2. The average molecular weight is 238 g/mol. The Labute approximate surface area is 101 Å². The van der Waals surface area contributed by atoms with Crippen molar-refractivity contribution in [1.82, 2.24) is 0 Å². The Balaban J connectivity index is 2.14. The van der Waals surface area contributed by atoms with Crippen LogP contribution in [0.15, 0.2) is 12.7 Å². The minimum absolute atomic E-state index is 0.113. The zero-order valence-electron chi connectivity index (χ0n) is 10.3. The summed E-state index contributed by atoms with van der Waals surface area (Å²) in [4.78, 5) is 23.7. The van der Waals surface area contributed by atoms with Gasteiger partial charge in [-0.25, -0.2) is 0 Å². The first-order valence-corrected chi connectivity index (χ1v) is 5.97. The Morgan fingerprint density at radius 1 is 1.65 bits per heavy atom. The highest BCUT2D eigenvalue weighted by atomic mass is 16.6. The van der Waals surface area contributed by atoms with Crippen LogP contribution in [0.3, 0.4) is 0 Å². The van der Waals surface area contributed by atoms with Gasteiger partial charge in [0.1, 0.15) is 12.2 Å². The molecule has 1 aliphatic heterocycles. The Morgan fingerprint density at radius 2 is 2.35 bits per heavy atom. The van der Waals surface area contributed by atoms with Crippen molar-refractivity contribution in [2.45, 2.75) is 32.3 Å². The molecule has 1 saturated carbocycles. The second-order valence-electron chi connectivity index (χ2n) is 5.31. The van der Waals surface area contributed by atoms with Crippen LogP contribution in [0.4, 0.5) is 0 Å². The molecular formula is C13H18O4. The lowest BCUT2D eigenvalue weighted by Crippen LogP contribution is -2.40. The molecule has 0 N–H and O–H groups in total. The number of carbonyl (C=O) groups excluding carboxylic acids is 2. The highest BCUT2D eigenvalue weighted by Gasteiger charge is 2.56. The highest BCUT2D eigenvalue weighted by Crippen LogP contribution is 2.48. The van der Waals surface area contributed by atoms with E-state index in [2.05, 4.69) is 6.58 Å². The molecule has 2 fully saturated rings. The Morgan fingerprint density at radius 3 is 3.00 bits per heavy atom. The van der Waals surface area contributed by atoms with E-state index in [1.807, 2.05) is 13.8 Å². The number of hydrogen-bond donors (Lipinski definition) is 0. The fraction of sp³-hybridized carbons (Fsp3) is 0.692. The summed E-state index contributed by atoms with van der Waals surface area (Å²) in [6, 6.07) is 0. The fourth-order valence-electron chi connectivity index (χ4n) is 3.15. The molecule has 0 aromatic rings. The van der Waals surface area contributed by atoms with Gasteiger partial charge in [0.25, 0.3) is 0 Å². The maximum Gasteiger partial charge on any atom is 0.310 e. The quantitative estimate of drug-likeness (QED) is 0.554. The molecule has 17 heavy (non-hydrogen) atoms. The first-order valence-electron chi connectivity index (χ1n) is 5.97. The third-order valence-electron chi connectivity index (χ3n) is 3.72. The Bertz CT molecular complexity index is 362. The van der Waals surface area contributed by atoms with Gasteiger partial charge in [-0.3, -0.25) is 9.59 Å². The maximum atomic E-state index is 11.9. The molecule has 0 radical (unpaired) electrons. The van der Waals surface area contributed by atoms with E-state index in [0.29, 0.717) is 6.42 Å². The van der Waals surface area contributed by atoms with Crippen LogP contribution in [0, 0.1) is 17.8 Å². The molecule has 0 spiro atoms. The minimum Gasteiger partial charge on any atom is -0.461 e. The number of carbonyl (C=O) groups is 2. The topological polar surface area (TPSA) is 52.6 Å². The van der Waals surface area contributed by atoms with Gasteiger partial charge in [-0.1, -0.05) is 19.6 Å². The third kappa shape index (κ3) is 2.08. The summed E-state index contributed by atoms with van der Waals surface area (Å²) in [7, 11) is 0. The molecule has 4 atom stereocenters. The molecule has 0 aromatic heterocycles. The molecule has 4 unspecified atom stereocenters. The number of rotatable bonds is 3. The van der Waals surface area contributed by atoms with Crippen molar-refractivity contribution in [2.24, 2.45) is 17.8 Å². The van der Waals surface area contributed by atoms with Gasteiger partial charge in [0.15, 0.2) is 0 Å². The number of hydrogen-bond acceptors (Lipinski definition) is 4. The van der Waals surface area contributed by atoms with Gasteiger partial charge in [0, 0.05) is 6.42 Å². The maximum absolute atomic E-state index is 11.9. The molecule has 2 bridgehead atoms. The lowest BCUT2D eigenvalue weighted by molar-refractivity contribution is -0.156. The monoisotopic (exact) mass is 238 g/mol. The summed E-state index contributed by atoms with van der Waals surface area (Å²) >= 11 is 0. The molecular weight excluding hydrogens is 220 g/mol. The van der Waals surface area contributed by atoms with Crippen LogP contribution >= 0.6 is 0 Å². The number of esters is 2. The molecule has 4 nitrogen and oxygen atoms in total. The molecule has 0 amide bonds. The largest absolute Gasteiger partial charge is 0.461 e. The molecule has 1 aliphatic carbocycles. The van der Waals surface area contributed by atoms with Crippen LogP contribution in [0.2, 0.25) is 0 Å². The van der Waals surface area contributed by atoms with Gasteiger partial charge in [-0.2, -0.15) is 0 Å². The van der Waals surface area contributed by atoms with Crippen LogP contribution in [0.25, 0.3) is 0 Å². The van der Waals surface area contributed by atoms with E-state index in [0.717, 1.165) is 6.42 Å². The highest BCUT2D eigenvalue weighted by molar-refractivity contribution is 5.84. The van der Waals surface area contributed by atoms with E-state index >= 15 is 0 Å². The van der Waals surface area contributed by atoms with Gasteiger partial charge in [-0.05, 0) is 19.3 Å². The average Bonchev–Trinajstić information content (AvgIpc) is 2.46. The van der Waals surface area contributed by atoms with Crippen molar-refractivity contribution in [2.75, 3.05) is 6.61 Å². The summed E-state index contributed by atoms with van der Waals surface area (Å²) in [5.41, 5.74) is -0.379. The Hall–Kier alpha value is -1.32. The first-order chi connectivity index (χ1) is 7.97. The van der Waals surface area contributed by atoms with Crippen LogP contribution in [0.1, 0.15) is 26.7 Å². The van der Waals surface area contributed by atoms with Crippen LogP contribution < -0.4 is 0 Å². The summed E-state index contributed by atoms with van der Waals surface area (Å²) in [5.74, 6) is -1.14. The summed E-state index contributed by atoms with van der Waals surface area (Å²) in [5, 5.41) is 0. The molecule has 4 heteroatoms. The normalized spacial score (nSPS) is 39.6. The van der Waals surface area contributed by atoms with Crippen LogP contribution in [-0.2, 0) is 19.1 Å². The second-order valence-corrected chi connectivity index (χ2v) is 5.31. The number of fused-ring (bicyclic) bond motifs is 2. The molecule has 2 aliphatic rings. The first kappa shape index (κ1) is 12.1. The van der Waals surface area contributed by atoms with Crippen molar-refractivity contribution >= 4 is 11.9 Å². The summed E-state index contributed by atoms with van der Waals surface area (Å²) in [6.07, 6.45) is 2.88. The second kappa shape index (κ2) is 4.17. The molecule has 0 aromatic carbocycles. The fourth-order valence-corrected chi connectivity index (χ4v) is 3.15. The van der Waals surface area contributed by atoms with Crippen molar-refractivity contribution in [3.8, 4) is 0 Å². The predicted molar refractivity (Wildman–Crippen MR) is 61.0 cm³/mol. The molecule has 1 saturated heterocycles. The van der Waals surface area contributed by atoms with Gasteiger partial charge in [-0.15, -0.1) is 0 Å². The minimum atomic E-state index is -0.379. The van der Waals surface area contributed by atoms with E-state index in [1.165, 1.54) is 6.08 Å². The predicted octanol–water partition coefficient (Wildman–Crippen LogP) is 1.69. The van der Waals surface area contributed by atoms with Gasteiger partial charge >= 0.3 is 11.9 Å². The van der Waals surface area contributed by atoms with E-state index in [-0.39, 0.29) is 41.9 Å². The standard InChI is InChI=1S/C13H18O4/c1-4-5-16-12(15)10-8(2)6-13(3)7-9(10)11(14)17-13/h4,8-10H,1,5-7H2,2-3H3. The van der Waals surface area contributed by atoms with E-state index in [1.54, 1.807) is 0 Å². The van der Waals surface area contributed by atoms with Crippen LogP contribution in [-0.4, -0.2) is 24.1 Å². The van der Waals surface area contributed by atoms with Gasteiger partial charge in [0.05, 0.1) is 11.8 Å². The van der Waals surface area contributed by atoms with Gasteiger partial charge < -0.3 is 9.47 Å². The summed E-state index contributed by atoms with van der Waals surface area (Å²) in [6.45, 7) is 7.61. The molecule has 94 valence electrons. The molecule has 2 rings (SSSR count). The smallest absolute Gasteiger partial charge is 0.310 e. The molecule has 1 heterocycles. The third-order valence-corrected chi connectivity index (χ3v) is 3.72. The van der Waals surface area contributed by atoms with Crippen molar-refractivity contribution in [1.29, 1.82) is 0 Å². The van der Waals surface area contributed by atoms with Crippen molar-refractivity contribution in [3.05, 3.63) is 12.7 Å². The van der Waals surface area contributed by atoms with Crippen molar-refractivity contribution in [3.63, 3.8) is 0 Å². The van der Waals surface area contributed by atoms with E-state index in [4.69, 9.17) is 9.47 Å². The lowest BCUT2D eigenvalue weighted by atomic mass is 9.69. The zero-order chi connectivity index (χ0) is 12.6. The SMILES string of the molecule is C=CCOC(=O)C1C(C)CC2(C)CC1C(=O)O2. The van der Waals surface area contributed by atoms with Gasteiger partial charge in [0.2, 0.25) is 0 Å². The summed E-state index contributed by atoms with van der Waals surface area (Å²) < 4.78 is 10.4. The Kier molecular flexibility index (Phi) is 2.98. The van der Waals surface area contributed by atoms with Crippen molar-refractivity contribution < 1.29 is 19.1 Å². The van der Waals surface area contributed by atoms with E-state index < -0.39 is 0 Å². The van der Waals surface area contributed by atoms with Crippen LogP contribution in [0.5, 0.6) is 0 Å². The van der Waals surface area contributed by atoms with E-state index in [9.17, 15) is 9.59 Å². The zero-order valence-corrected chi connectivity index (χ0v) is 10.3.